The molecule has 3 amide bonds. The number of hydrogen-bond acceptors (Lipinski definition) is 5. The van der Waals surface area contributed by atoms with Gasteiger partial charge in [-0.3, -0.25) is 14.4 Å². The molecule has 3 N–H and O–H groups in total. The normalized spacial score (nSPS) is 11.9. The number of carbonyl (C=O) groups is 3. The predicted molar refractivity (Wildman–Crippen MR) is 186 cm³/mol. The van der Waals surface area contributed by atoms with Gasteiger partial charge in [0.2, 0.25) is 5.91 Å². The zero-order valence-electron chi connectivity index (χ0n) is 25.5. The van der Waals surface area contributed by atoms with E-state index in [4.69, 9.17) is 16.0 Å². The van der Waals surface area contributed by atoms with Crippen LogP contribution in [0, 0.1) is 13.8 Å². The van der Waals surface area contributed by atoms with Crippen molar-refractivity contribution in [1.82, 2.24) is 5.32 Å². The summed E-state index contributed by atoms with van der Waals surface area (Å²) in [5, 5.41) is 8.71. The maximum Gasteiger partial charge on any atom is 0.272 e. The van der Waals surface area contributed by atoms with Gasteiger partial charge in [0.1, 0.15) is 17.2 Å². The zero-order chi connectivity index (χ0) is 32.6. The van der Waals surface area contributed by atoms with Crippen molar-refractivity contribution in [2.24, 2.45) is 0 Å². The third kappa shape index (κ3) is 8.35. The Morgan fingerprint density at radius 3 is 2.24 bits per heavy atom. The topological polar surface area (TPSA) is 100 Å². The van der Waals surface area contributed by atoms with Gasteiger partial charge in [-0.15, -0.1) is 11.8 Å². The fourth-order valence-electron chi connectivity index (χ4n) is 4.44. The average molecular weight is 650 g/mol. The standard InChI is InChI=1S/C37H32ClN3O4S/c1-23-12-14-26(15-13-23)34-21-18-29(45-34)22-33(41-36(43)27-8-5-4-6-9-27)37(44)39-28-16-19-30(20-17-28)46-25(3)35(42)40-32-11-7-10-31(38)24(32)2/h4-22,25H,1-3H3,(H,39,44)(H,40,42)(H,41,43)/b33-22-. The highest BCUT2D eigenvalue weighted by Crippen LogP contribution is 2.28. The Morgan fingerprint density at radius 2 is 1.52 bits per heavy atom. The molecule has 0 saturated heterocycles. The predicted octanol–water partition coefficient (Wildman–Crippen LogP) is 8.75. The van der Waals surface area contributed by atoms with Crippen LogP contribution in [0.2, 0.25) is 5.02 Å². The lowest BCUT2D eigenvalue weighted by Gasteiger charge is -2.15. The molecule has 0 saturated carbocycles. The van der Waals surface area contributed by atoms with Crippen LogP contribution in [0.25, 0.3) is 17.4 Å². The molecule has 0 radical (unpaired) electrons. The summed E-state index contributed by atoms with van der Waals surface area (Å²) in [6, 6.07) is 32.6. The molecule has 0 spiro atoms. The van der Waals surface area contributed by atoms with Crippen molar-refractivity contribution in [2.45, 2.75) is 30.9 Å². The Kier molecular flexibility index (Phi) is 10.4. The van der Waals surface area contributed by atoms with Crippen LogP contribution in [0.5, 0.6) is 0 Å². The molecule has 1 atom stereocenters. The molecule has 0 aliphatic carbocycles. The number of anilines is 2. The summed E-state index contributed by atoms with van der Waals surface area (Å²) >= 11 is 7.57. The van der Waals surface area contributed by atoms with Crippen LogP contribution >= 0.6 is 23.4 Å². The third-order valence-electron chi connectivity index (χ3n) is 7.10. The largest absolute Gasteiger partial charge is 0.457 e. The van der Waals surface area contributed by atoms with E-state index in [0.29, 0.717) is 33.5 Å². The molecule has 0 bridgehead atoms. The molecule has 5 aromatic rings. The number of nitrogens with one attached hydrogen (secondary N) is 3. The van der Waals surface area contributed by atoms with Crippen LogP contribution in [-0.2, 0) is 9.59 Å². The number of amides is 3. The van der Waals surface area contributed by atoms with E-state index in [1.54, 1.807) is 54.6 Å². The number of thioether (sulfide) groups is 1. The number of hydrogen-bond donors (Lipinski definition) is 3. The molecule has 1 heterocycles. The van der Waals surface area contributed by atoms with Crippen molar-refractivity contribution in [3.05, 3.63) is 142 Å². The number of halogens is 1. The van der Waals surface area contributed by atoms with Gasteiger partial charge in [0, 0.05) is 38.5 Å². The Labute approximate surface area is 277 Å². The minimum Gasteiger partial charge on any atom is -0.457 e. The van der Waals surface area contributed by atoms with E-state index >= 15 is 0 Å². The van der Waals surface area contributed by atoms with Gasteiger partial charge in [-0.1, -0.05) is 65.7 Å². The van der Waals surface area contributed by atoms with Gasteiger partial charge in [-0.05, 0) is 87.0 Å². The molecule has 1 aromatic heterocycles. The molecule has 4 aromatic carbocycles. The lowest BCUT2D eigenvalue weighted by molar-refractivity contribution is -0.115. The molecule has 0 aliphatic heterocycles. The summed E-state index contributed by atoms with van der Waals surface area (Å²) in [6.07, 6.45) is 1.50. The number of rotatable bonds is 10. The fraction of sp³-hybridized carbons (Fsp3) is 0.108. The Balaban J connectivity index is 1.28. The van der Waals surface area contributed by atoms with Gasteiger partial charge in [0.05, 0.1) is 5.25 Å². The van der Waals surface area contributed by atoms with Crippen LogP contribution in [0.3, 0.4) is 0 Å². The summed E-state index contributed by atoms with van der Waals surface area (Å²) in [7, 11) is 0. The SMILES string of the molecule is Cc1ccc(-c2ccc(/C=C(\NC(=O)c3ccccc3)C(=O)Nc3ccc(SC(C)C(=O)Nc4cccc(Cl)c4C)cc3)o2)cc1. The van der Waals surface area contributed by atoms with E-state index in [1.165, 1.54) is 17.8 Å². The maximum absolute atomic E-state index is 13.5. The van der Waals surface area contributed by atoms with Gasteiger partial charge in [-0.25, -0.2) is 0 Å². The first-order valence-electron chi connectivity index (χ1n) is 14.6. The van der Waals surface area contributed by atoms with Crippen LogP contribution in [0.4, 0.5) is 11.4 Å². The number of carbonyl (C=O) groups excluding carboxylic acids is 3. The Morgan fingerprint density at radius 1 is 0.804 bits per heavy atom. The second kappa shape index (κ2) is 14.8. The summed E-state index contributed by atoms with van der Waals surface area (Å²) in [5.74, 6) is -0.0674. The van der Waals surface area contributed by atoms with Crippen molar-refractivity contribution >= 4 is 58.5 Å². The first kappa shape index (κ1) is 32.3. The van der Waals surface area contributed by atoms with E-state index in [2.05, 4.69) is 16.0 Å². The third-order valence-corrected chi connectivity index (χ3v) is 8.62. The van der Waals surface area contributed by atoms with E-state index in [0.717, 1.165) is 21.6 Å². The second-order valence-electron chi connectivity index (χ2n) is 10.6. The fourth-order valence-corrected chi connectivity index (χ4v) is 5.48. The van der Waals surface area contributed by atoms with Crippen LogP contribution in [0.1, 0.15) is 34.2 Å². The van der Waals surface area contributed by atoms with Gasteiger partial charge < -0.3 is 20.4 Å². The highest BCUT2D eigenvalue weighted by Gasteiger charge is 2.18. The van der Waals surface area contributed by atoms with Crippen molar-refractivity contribution in [2.75, 3.05) is 10.6 Å². The lowest BCUT2D eigenvalue weighted by Crippen LogP contribution is -2.30. The molecule has 1 unspecified atom stereocenters. The van der Waals surface area contributed by atoms with Gasteiger partial charge >= 0.3 is 0 Å². The molecule has 9 heteroatoms. The van der Waals surface area contributed by atoms with Gasteiger partial charge in [-0.2, -0.15) is 0 Å². The minimum atomic E-state index is -0.525. The molecule has 5 rings (SSSR count). The van der Waals surface area contributed by atoms with E-state index in [9.17, 15) is 14.4 Å². The van der Waals surface area contributed by atoms with Crippen molar-refractivity contribution in [3.8, 4) is 11.3 Å². The van der Waals surface area contributed by atoms with Crippen molar-refractivity contribution in [1.29, 1.82) is 0 Å². The van der Waals surface area contributed by atoms with Crippen LogP contribution < -0.4 is 16.0 Å². The number of benzene rings is 4. The first-order valence-corrected chi connectivity index (χ1v) is 15.8. The molecule has 0 fully saturated rings. The van der Waals surface area contributed by atoms with Crippen molar-refractivity contribution in [3.63, 3.8) is 0 Å². The lowest BCUT2D eigenvalue weighted by atomic mass is 10.1. The highest BCUT2D eigenvalue weighted by atomic mass is 35.5. The quantitative estimate of drug-likeness (QED) is 0.104. The summed E-state index contributed by atoms with van der Waals surface area (Å²) in [6.45, 7) is 5.69. The molecular formula is C37H32ClN3O4S. The second-order valence-corrected chi connectivity index (χ2v) is 12.4. The highest BCUT2D eigenvalue weighted by molar-refractivity contribution is 8.00. The smallest absolute Gasteiger partial charge is 0.272 e. The number of aryl methyl sites for hydroxylation is 1. The monoisotopic (exact) mass is 649 g/mol. The molecule has 46 heavy (non-hydrogen) atoms. The molecule has 7 nitrogen and oxygen atoms in total. The Hall–Kier alpha value is -5.05. The maximum atomic E-state index is 13.5. The van der Waals surface area contributed by atoms with E-state index in [-0.39, 0.29) is 16.9 Å². The Bertz CT molecular complexity index is 1880. The summed E-state index contributed by atoms with van der Waals surface area (Å²) in [5.41, 5.74) is 4.45. The molecular weight excluding hydrogens is 618 g/mol. The van der Waals surface area contributed by atoms with Gasteiger partial charge in [0.15, 0.2) is 0 Å². The van der Waals surface area contributed by atoms with E-state index < -0.39 is 11.8 Å². The zero-order valence-corrected chi connectivity index (χ0v) is 27.0. The minimum absolute atomic E-state index is 0.0127. The first-order chi connectivity index (χ1) is 22.2. The average Bonchev–Trinajstić information content (AvgIpc) is 3.53. The summed E-state index contributed by atoms with van der Waals surface area (Å²) < 4.78 is 6.00. The van der Waals surface area contributed by atoms with E-state index in [1.807, 2.05) is 75.4 Å². The molecule has 0 aliphatic rings. The molecule has 232 valence electrons. The number of furan rings is 1. The van der Waals surface area contributed by atoms with Gasteiger partial charge in [0.25, 0.3) is 11.8 Å². The van der Waals surface area contributed by atoms with Crippen LogP contribution in [0.15, 0.2) is 124 Å². The summed E-state index contributed by atoms with van der Waals surface area (Å²) in [4.78, 5) is 40.1. The van der Waals surface area contributed by atoms with Crippen molar-refractivity contribution < 1.29 is 18.8 Å². The van der Waals surface area contributed by atoms with Crippen LogP contribution in [-0.4, -0.2) is 23.0 Å².